The lowest BCUT2D eigenvalue weighted by Crippen LogP contribution is -2.29. The highest BCUT2D eigenvalue weighted by Crippen LogP contribution is 2.64. The molecule has 3 heterocycles. The Hall–Kier alpha value is -6.34. The molecule has 5 aromatic rings. The number of Topliss-reactive ketones (excluding diaryl/α,β-unsaturated/α-hetero) is 4. The van der Waals surface area contributed by atoms with Crippen molar-refractivity contribution in [2.75, 3.05) is 0 Å². The van der Waals surface area contributed by atoms with Gasteiger partial charge < -0.3 is 0 Å². The van der Waals surface area contributed by atoms with Crippen molar-refractivity contribution in [1.29, 1.82) is 10.5 Å². The monoisotopic (exact) mass is 820 g/mol. The van der Waals surface area contributed by atoms with Crippen molar-refractivity contribution in [3.63, 3.8) is 0 Å². The SMILES string of the molecule is [C-]#[N+]c1cc2c(cc1[N+]#[C-])C(=O)C(=CC1=Cc3sc4c(sc5c6c(sc54)C=C(C=C4C(=O)c5cc(C#N)c(C#N)cc5C4=O)C64CCCCC4)c3C13CCCCC3)C2=O. The topological polar surface area (TPSA) is 125 Å². The van der Waals surface area contributed by atoms with E-state index in [0.29, 0.717) is 0 Å². The van der Waals surface area contributed by atoms with Crippen molar-refractivity contribution in [3.8, 4) is 12.1 Å². The summed E-state index contributed by atoms with van der Waals surface area (Å²) in [5.41, 5.74) is 5.06. The third kappa shape index (κ3) is 4.64. The highest BCUT2D eigenvalue weighted by Gasteiger charge is 2.49. The number of allylic oxidation sites excluding steroid dienone is 6. The summed E-state index contributed by atoms with van der Waals surface area (Å²) in [4.78, 5) is 64.4. The van der Waals surface area contributed by atoms with Crippen LogP contribution in [0.1, 0.15) is 138 Å². The minimum atomic E-state index is -0.410. The summed E-state index contributed by atoms with van der Waals surface area (Å²) < 4.78 is 5.04. The molecule has 0 bridgehead atoms. The molecular weight excluding hydrogens is 793 g/mol. The van der Waals surface area contributed by atoms with Crippen molar-refractivity contribution in [2.24, 2.45) is 0 Å². The number of carbonyl (C=O) groups is 4. The van der Waals surface area contributed by atoms with Gasteiger partial charge in [-0.25, -0.2) is 0 Å². The zero-order chi connectivity index (χ0) is 40.5. The minimum Gasteiger partial charge on any atom is -0.288 e. The first kappa shape index (κ1) is 35.8. The minimum absolute atomic E-state index is 0.0731. The van der Waals surface area contributed by atoms with Crippen LogP contribution < -0.4 is 0 Å². The van der Waals surface area contributed by atoms with Gasteiger partial charge in [0.05, 0.1) is 54.2 Å². The molecular formula is C48H28N4O4S3. The second kappa shape index (κ2) is 12.6. The normalized spacial score (nSPS) is 19.3. The fourth-order valence-electron chi connectivity index (χ4n) is 10.8. The Labute approximate surface area is 350 Å². The van der Waals surface area contributed by atoms with Crippen LogP contribution >= 0.6 is 34.0 Å². The summed E-state index contributed by atoms with van der Waals surface area (Å²) in [5.74, 6) is -1.61. The van der Waals surface area contributed by atoms with E-state index >= 15 is 0 Å². The zero-order valence-corrected chi connectivity index (χ0v) is 33.8. The molecule has 0 radical (unpaired) electrons. The molecule has 3 aromatic heterocycles. The van der Waals surface area contributed by atoms with E-state index in [0.717, 1.165) is 75.4 Å². The maximum atomic E-state index is 13.8. The van der Waals surface area contributed by atoms with Crippen molar-refractivity contribution >= 4 is 99.5 Å². The quantitative estimate of drug-likeness (QED) is 0.0992. The summed E-state index contributed by atoms with van der Waals surface area (Å²) in [5, 5.41) is 19.2. The van der Waals surface area contributed by atoms with Gasteiger partial charge in [-0.2, -0.15) is 10.5 Å². The summed E-state index contributed by atoms with van der Waals surface area (Å²) >= 11 is 5.39. The summed E-state index contributed by atoms with van der Waals surface area (Å²) in [6.45, 7) is 15.0. The van der Waals surface area contributed by atoms with Crippen molar-refractivity contribution < 1.29 is 19.2 Å². The lowest BCUT2D eigenvalue weighted by atomic mass is 9.67. The molecule has 0 atom stereocenters. The average molecular weight is 821 g/mol. The molecule has 0 N–H and O–H groups in total. The number of fused-ring (bicyclic) bond motifs is 11. The third-order valence-corrected chi connectivity index (χ3v) is 17.5. The molecule has 2 saturated carbocycles. The molecule has 6 aliphatic carbocycles. The van der Waals surface area contributed by atoms with Gasteiger partial charge in [0.25, 0.3) is 0 Å². The number of rotatable bonds is 2. The zero-order valence-electron chi connectivity index (χ0n) is 31.3. The number of nitriles is 2. The Morgan fingerprint density at radius 3 is 1.27 bits per heavy atom. The van der Waals surface area contributed by atoms with Crippen LogP contribution in [0.4, 0.5) is 11.4 Å². The summed E-state index contributed by atoms with van der Waals surface area (Å²) in [7, 11) is 0. The largest absolute Gasteiger partial charge is 0.288 e. The molecule has 0 saturated heterocycles. The molecule has 11 heteroatoms. The van der Waals surface area contributed by atoms with Gasteiger partial charge in [-0.05, 0) is 84.4 Å². The van der Waals surface area contributed by atoms with Crippen LogP contribution in [0, 0.1) is 35.8 Å². The molecule has 2 spiro atoms. The fourth-order valence-corrected chi connectivity index (χ4v) is 15.6. The van der Waals surface area contributed by atoms with Crippen LogP contribution in [-0.4, -0.2) is 23.1 Å². The maximum Gasteiger partial charge on any atom is 0.197 e. The number of hydrogen-bond donors (Lipinski definition) is 0. The average Bonchev–Trinajstić information content (AvgIpc) is 4.09. The molecule has 6 aliphatic rings. The van der Waals surface area contributed by atoms with E-state index in [2.05, 4.69) is 21.8 Å². The van der Waals surface area contributed by atoms with Gasteiger partial charge >= 0.3 is 0 Å². The maximum absolute atomic E-state index is 13.8. The summed E-state index contributed by atoms with van der Waals surface area (Å²) in [6.07, 6.45) is 17.9. The molecule has 2 fully saturated rings. The predicted octanol–water partition coefficient (Wildman–Crippen LogP) is 12.2. The smallest absolute Gasteiger partial charge is 0.197 e. The standard InChI is InChI=1S/C48H28N4O4S3/c1-51-33-19-29-30(20-34(33)52-2)42(56)32(41(29)55)16-26-18-36-38(48(26)11-7-4-8-12-48)44-46(58-36)45-43(59-44)37-35(57-45)17-25(47(37)9-5-3-6-10-47)15-31-39(53)27-13-23(21-49)24(22-50)14-28(27)40(31)54/h13-20H,3-12H2. The van der Waals surface area contributed by atoms with E-state index in [4.69, 9.17) is 13.1 Å². The van der Waals surface area contributed by atoms with E-state index in [1.54, 1.807) is 28.7 Å². The second-order valence-corrected chi connectivity index (χ2v) is 19.4. The first-order valence-corrected chi connectivity index (χ1v) is 22.1. The third-order valence-electron chi connectivity index (χ3n) is 13.6. The van der Waals surface area contributed by atoms with Crippen LogP contribution in [0.5, 0.6) is 0 Å². The van der Waals surface area contributed by atoms with Gasteiger partial charge in [0.2, 0.25) is 0 Å². The molecule has 282 valence electrons. The van der Waals surface area contributed by atoms with Crippen molar-refractivity contribution in [3.05, 3.63) is 136 Å². The van der Waals surface area contributed by atoms with E-state index in [-0.39, 0.29) is 66.7 Å². The Kier molecular flexibility index (Phi) is 7.63. The Bertz CT molecular complexity index is 2920. The highest BCUT2D eigenvalue weighted by atomic mass is 32.1. The number of nitrogens with zero attached hydrogens (tertiary/aromatic N) is 4. The van der Waals surface area contributed by atoms with E-state index in [9.17, 15) is 29.7 Å². The molecule has 0 aliphatic heterocycles. The molecule has 59 heavy (non-hydrogen) atoms. The van der Waals surface area contributed by atoms with Crippen LogP contribution in [0.2, 0.25) is 0 Å². The van der Waals surface area contributed by atoms with Gasteiger partial charge in [0.15, 0.2) is 34.5 Å². The first-order chi connectivity index (χ1) is 28.7. The fraction of sp³-hybridized carbons (Fsp3) is 0.250. The molecule has 0 unspecified atom stereocenters. The van der Waals surface area contributed by atoms with Crippen molar-refractivity contribution in [1.82, 2.24) is 0 Å². The highest BCUT2D eigenvalue weighted by molar-refractivity contribution is 7.39. The van der Waals surface area contributed by atoms with Gasteiger partial charge in [0, 0.05) is 42.8 Å². The van der Waals surface area contributed by atoms with Gasteiger partial charge in [0.1, 0.15) is 12.1 Å². The Morgan fingerprint density at radius 2 is 0.915 bits per heavy atom. The number of carbonyl (C=O) groups excluding carboxylic acids is 4. The van der Waals surface area contributed by atoms with E-state index in [1.807, 2.05) is 29.6 Å². The van der Waals surface area contributed by atoms with Gasteiger partial charge in [-0.3, -0.25) is 28.9 Å². The number of hydrogen-bond acceptors (Lipinski definition) is 9. The van der Waals surface area contributed by atoms with Crippen molar-refractivity contribution in [2.45, 2.75) is 75.0 Å². The Morgan fingerprint density at radius 1 is 0.542 bits per heavy atom. The van der Waals surface area contributed by atoms with Crippen LogP contribution in [-0.2, 0) is 10.8 Å². The first-order valence-electron chi connectivity index (χ1n) is 19.7. The molecule has 8 nitrogen and oxygen atoms in total. The van der Waals surface area contributed by atoms with Crippen LogP contribution in [0.25, 0.3) is 40.6 Å². The van der Waals surface area contributed by atoms with Gasteiger partial charge in [-0.15, -0.1) is 34.0 Å². The lowest BCUT2D eigenvalue weighted by molar-refractivity contribution is 0.0973. The van der Waals surface area contributed by atoms with Crippen LogP contribution in [0.3, 0.4) is 0 Å². The molecule has 2 aromatic carbocycles. The lowest BCUT2D eigenvalue weighted by Gasteiger charge is -2.37. The number of ketones is 4. The van der Waals surface area contributed by atoms with E-state index in [1.165, 1.54) is 63.9 Å². The van der Waals surface area contributed by atoms with Gasteiger partial charge in [-0.1, -0.05) is 50.7 Å². The predicted molar refractivity (Wildman–Crippen MR) is 229 cm³/mol. The summed E-state index contributed by atoms with van der Waals surface area (Å²) in [6, 6.07) is 9.51. The number of benzene rings is 2. The molecule has 11 rings (SSSR count). The van der Waals surface area contributed by atoms with E-state index < -0.39 is 23.1 Å². The second-order valence-electron chi connectivity index (χ2n) is 16.3. The number of thiophene rings is 3. The Balaban J connectivity index is 1.02. The molecule has 0 amide bonds. The van der Waals surface area contributed by atoms with Crippen LogP contribution in [0.15, 0.2) is 58.7 Å².